The van der Waals surface area contributed by atoms with Crippen LogP contribution in [0.1, 0.15) is 18.4 Å². The summed E-state index contributed by atoms with van der Waals surface area (Å²) in [6.07, 6.45) is 3.43. The van der Waals surface area contributed by atoms with Crippen molar-refractivity contribution < 1.29 is 4.79 Å². The lowest BCUT2D eigenvalue weighted by atomic mass is 9.89. The first-order valence-corrected chi connectivity index (χ1v) is 8.67. The molecule has 3 N–H and O–H groups in total. The van der Waals surface area contributed by atoms with Crippen LogP contribution in [0, 0.1) is 5.92 Å². The summed E-state index contributed by atoms with van der Waals surface area (Å²) in [7, 11) is 0. The van der Waals surface area contributed by atoms with Crippen LogP contribution in [0.4, 0.5) is 10.5 Å². The Labute approximate surface area is 143 Å². The SMILES string of the molecule is O=C(NC[C@@H]1CC[C@@H](Cc2ccccc2)CN1)Nc1ccccc1. The van der Waals surface area contributed by atoms with E-state index in [1.165, 1.54) is 12.0 Å². The highest BCUT2D eigenvalue weighted by Crippen LogP contribution is 2.18. The van der Waals surface area contributed by atoms with Gasteiger partial charge in [-0.15, -0.1) is 0 Å². The first-order chi connectivity index (χ1) is 11.8. The number of nitrogens with one attached hydrogen (secondary N) is 3. The van der Waals surface area contributed by atoms with Gasteiger partial charge in [-0.25, -0.2) is 4.79 Å². The minimum Gasteiger partial charge on any atom is -0.336 e. The summed E-state index contributed by atoms with van der Waals surface area (Å²) < 4.78 is 0. The van der Waals surface area contributed by atoms with E-state index in [2.05, 4.69) is 46.3 Å². The molecule has 2 atom stereocenters. The van der Waals surface area contributed by atoms with Crippen LogP contribution in [0.3, 0.4) is 0 Å². The first kappa shape index (κ1) is 16.5. The number of carbonyl (C=O) groups excluding carboxylic acids is 1. The van der Waals surface area contributed by atoms with Gasteiger partial charge in [-0.3, -0.25) is 0 Å². The monoisotopic (exact) mass is 323 g/mol. The molecule has 4 nitrogen and oxygen atoms in total. The Morgan fingerprint density at radius 3 is 2.38 bits per heavy atom. The van der Waals surface area contributed by atoms with E-state index in [-0.39, 0.29) is 6.03 Å². The molecular weight excluding hydrogens is 298 g/mol. The van der Waals surface area contributed by atoms with Gasteiger partial charge in [-0.2, -0.15) is 0 Å². The number of para-hydroxylation sites is 1. The smallest absolute Gasteiger partial charge is 0.319 e. The summed E-state index contributed by atoms with van der Waals surface area (Å²) in [5.41, 5.74) is 2.22. The van der Waals surface area contributed by atoms with Crippen LogP contribution in [0.25, 0.3) is 0 Å². The van der Waals surface area contributed by atoms with Crippen LogP contribution in [0.5, 0.6) is 0 Å². The quantitative estimate of drug-likeness (QED) is 0.790. The number of piperidine rings is 1. The zero-order valence-corrected chi connectivity index (χ0v) is 13.9. The van der Waals surface area contributed by atoms with E-state index < -0.39 is 0 Å². The fourth-order valence-electron chi connectivity index (χ4n) is 3.18. The number of urea groups is 1. The third-order valence-corrected chi connectivity index (χ3v) is 4.53. The Balaban J connectivity index is 1.36. The number of hydrogen-bond donors (Lipinski definition) is 3. The Hall–Kier alpha value is -2.33. The van der Waals surface area contributed by atoms with Crippen molar-refractivity contribution >= 4 is 11.7 Å². The van der Waals surface area contributed by atoms with Gasteiger partial charge in [0.1, 0.15) is 0 Å². The van der Waals surface area contributed by atoms with Crippen molar-refractivity contribution in [2.45, 2.75) is 25.3 Å². The first-order valence-electron chi connectivity index (χ1n) is 8.67. The van der Waals surface area contributed by atoms with Gasteiger partial charge in [0.25, 0.3) is 0 Å². The number of benzene rings is 2. The Morgan fingerprint density at radius 1 is 1.00 bits per heavy atom. The average molecular weight is 323 g/mol. The number of amides is 2. The number of hydrogen-bond acceptors (Lipinski definition) is 2. The van der Waals surface area contributed by atoms with Gasteiger partial charge in [-0.05, 0) is 49.4 Å². The molecule has 4 heteroatoms. The molecule has 0 unspecified atom stereocenters. The molecule has 1 saturated heterocycles. The average Bonchev–Trinajstić information content (AvgIpc) is 2.63. The van der Waals surface area contributed by atoms with Gasteiger partial charge in [0.05, 0.1) is 0 Å². The predicted molar refractivity (Wildman–Crippen MR) is 98.1 cm³/mol. The third-order valence-electron chi connectivity index (χ3n) is 4.53. The van der Waals surface area contributed by atoms with Crippen molar-refractivity contribution in [1.82, 2.24) is 10.6 Å². The van der Waals surface area contributed by atoms with E-state index in [9.17, 15) is 4.79 Å². The standard InChI is InChI=1S/C20H25N3O/c24-20(23-18-9-5-2-6-10-18)22-15-19-12-11-17(14-21-19)13-16-7-3-1-4-8-16/h1-10,17,19,21H,11-15H2,(H2,22,23,24)/t17-,19-/m0/s1. The molecule has 0 aromatic heterocycles. The molecule has 3 rings (SSSR count). The van der Waals surface area contributed by atoms with Crippen molar-refractivity contribution in [3.8, 4) is 0 Å². The van der Waals surface area contributed by atoms with E-state index in [4.69, 9.17) is 0 Å². The molecule has 24 heavy (non-hydrogen) atoms. The molecule has 0 radical (unpaired) electrons. The summed E-state index contributed by atoms with van der Waals surface area (Å²) in [5.74, 6) is 0.682. The van der Waals surface area contributed by atoms with Crippen molar-refractivity contribution in [2.24, 2.45) is 5.92 Å². The topological polar surface area (TPSA) is 53.2 Å². The fourth-order valence-corrected chi connectivity index (χ4v) is 3.18. The molecular formula is C20H25N3O. The van der Waals surface area contributed by atoms with Crippen LogP contribution in [0.2, 0.25) is 0 Å². The molecule has 0 aliphatic carbocycles. The molecule has 1 aliphatic rings. The van der Waals surface area contributed by atoms with Crippen molar-refractivity contribution in [3.63, 3.8) is 0 Å². The predicted octanol–water partition coefficient (Wildman–Crippen LogP) is 3.42. The maximum atomic E-state index is 11.9. The van der Waals surface area contributed by atoms with Gasteiger partial charge in [0.15, 0.2) is 0 Å². The van der Waals surface area contributed by atoms with Gasteiger partial charge in [0, 0.05) is 18.3 Å². The highest BCUT2D eigenvalue weighted by Gasteiger charge is 2.21. The minimum absolute atomic E-state index is 0.144. The van der Waals surface area contributed by atoms with Gasteiger partial charge in [0.2, 0.25) is 0 Å². The second kappa shape index (κ2) is 8.50. The lowest BCUT2D eigenvalue weighted by molar-refractivity contribution is 0.247. The summed E-state index contributed by atoms with van der Waals surface area (Å²) in [6.45, 7) is 1.68. The van der Waals surface area contributed by atoms with E-state index >= 15 is 0 Å². The van der Waals surface area contributed by atoms with Crippen LogP contribution in [0.15, 0.2) is 60.7 Å². The maximum Gasteiger partial charge on any atom is 0.319 e. The Bertz CT molecular complexity index is 622. The number of rotatable bonds is 5. The highest BCUT2D eigenvalue weighted by molar-refractivity contribution is 5.89. The van der Waals surface area contributed by atoms with E-state index in [0.29, 0.717) is 18.5 Å². The van der Waals surface area contributed by atoms with Crippen molar-refractivity contribution in [1.29, 1.82) is 0 Å². The van der Waals surface area contributed by atoms with E-state index in [1.54, 1.807) is 0 Å². The molecule has 2 amide bonds. The molecule has 1 fully saturated rings. The lowest BCUT2D eigenvalue weighted by Gasteiger charge is -2.30. The molecule has 126 valence electrons. The lowest BCUT2D eigenvalue weighted by Crippen LogP contribution is -2.47. The molecule has 1 heterocycles. The van der Waals surface area contributed by atoms with Gasteiger partial charge >= 0.3 is 6.03 Å². The summed E-state index contributed by atoms with van der Waals surface area (Å²) in [4.78, 5) is 11.9. The zero-order valence-electron chi connectivity index (χ0n) is 13.9. The maximum absolute atomic E-state index is 11.9. The molecule has 1 aliphatic heterocycles. The van der Waals surface area contributed by atoms with Crippen LogP contribution >= 0.6 is 0 Å². The summed E-state index contributed by atoms with van der Waals surface area (Å²) in [5, 5.41) is 9.36. The molecule has 0 bridgehead atoms. The molecule has 0 spiro atoms. The second-order valence-corrected chi connectivity index (χ2v) is 6.44. The molecule has 2 aromatic carbocycles. The second-order valence-electron chi connectivity index (χ2n) is 6.44. The zero-order chi connectivity index (χ0) is 16.6. The fraction of sp³-hybridized carbons (Fsp3) is 0.350. The number of carbonyl (C=O) groups is 1. The third kappa shape index (κ3) is 5.10. The van der Waals surface area contributed by atoms with Crippen LogP contribution in [-0.4, -0.2) is 25.2 Å². The van der Waals surface area contributed by atoms with Crippen LogP contribution in [-0.2, 0) is 6.42 Å². The Morgan fingerprint density at radius 2 is 1.71 bits per heavy atom. The molecule has 0 saturated carbocycles. The van der Waals surface area contributed by atoms with Gasteiger partial charge in [-0.1, -0.05) is 48.5 Å². The minimum atomic E-state index is -0.144. The van der Waals surface area contributed by atoms with Crippen molar-refractivity contribution in [3.05, 3.63) is 66.2 Å². The van der Waals surface area contributed by atoms with Crippen LogP contribution < -0.4 is 16.0 Å². The largest absolute Gasteiger partial charge is 0.336 e. The summed E-state index contributed by atoms with van der Waals surface area (Å²) >= 11 is 0. The van der Waals surface area contributed by atoms with E-state index in [0.717, 1.165) is 25.1 Å². The molecule has 2 aromatic rings. The van der Waals surface area contributed by atoms with Crippen molar-refractivity contribution in [2.75, 3.05) is 18.4 Å². The normalized spacial score (nSPS) is 20.3. The van der Waals surface area contributed by atoms with E-state index in [1.807, 2.05) is 30.3 Å². The number of anilines is 1. The Kier molecular flexibility index (Phi) is 5.85. The highest BCUT2D eigenvalue weighted by atomic mass is 16.2. The van der Waals surface area contributed by atoms with Gasteiger partial charge < -0.3 is 16.0 Å². The summed E-state index contributed by atoms with van der Waals surface area (Å²) in [6, 6.07) is 20.4.